The second-order valence-electron chi connectivity index (χ2n) is 4.52. The molecule has 22 heavy (non-hydrogen) atoms. The fourth-order valence-corrected chi connectivity index (χ4v) is 3.56. The Morgan fingerprint density at radius 1 is 1.36 bits per heavy atom. The smallest absolute Gasteiger partial charge is 0.378 e. The summed E-state index contributed by atoms with van der Waals surface area (Å²) in [6, 6.07) is 1.23. The minimum absolute atomic E-state index is 0.333. The lowest BCUT2D eigenvalue weighted by Crippen LogP contribution is -2.37. The zero-order chi connectivity index (χ0) is 16.4. The van der Waals surface area contributed by atoms with Crippen molar-refractivity contribution in [3.63, 3.8) is 0 Å². The second kappa shape index (κ2) is 6.69. The van der Waals surface area contributed by atoms with Crippen LogP contribution >= 0.6 is 15.9 Å². The van der Waals surface area contributed by atoms with Crippen LogP contribution in [0.1, 0.15) is 0 Å². The molecule has 0 bridgehead atoms. The van der Waals surface area contributed by atoms with Crippen LogP contribution in [0.15, 0.2) is 21.6 Å². The molecule has 1 fully saturated rings. The summed E-state index contributed by atoms with van der Waals surface area (Å²) in [4.78, 5) is 5.60. The molecule has 2 heterocycles. The summed E-state index contributed by atoms with van der Waals surface area (Å²) < 4.78 is 67.1. The maximum atomic E-state index is 12.1. The molecule has 1 aliphatic heterocycles. The normalized spacial score (nSPS) is 16.8. The Morgan fingerprint density at radius 2 is 2.00 bits per heavy atom. The van der Waals surface area contributed by atoms with Gasteiger partial charge in [0, 0.05) is 19.3 Å². The van der Waals surface area contributed by atoms with Crippen molar-refractivity contribution in [2.75, 3.05) is 37.7 Å². The molecule has 11 heteroatoms. The number of anilines is 1. The van der Waals surface area contributed by atoms with Crippen LogP contribution in [0, 0.1) is 0 Å². The average molecular weight is 404 g/mol. The first kappa shape index (κ1) is 17.4. The van der Waals surface area contributed by atoms with Crippen molar-refractivity contribution in [2.45, 2.75) is 11.1 Å². The Hall–Kier alpha value is -0.910. The number of alkyl halides is 3. The minimum Gasteiger partial charge on any atom is -0.378 e. The molecule has 0 amide bonds. The van der Waals surface area contributed by atoms with Gasteiger partial charge in [-0.25, -0.2) is 18.1 Å². The number of nitrogens with one attached hydrogen (secondary N) is 1. The number of sulfonamides is 1. The fraction of sp³-hybridized carbons (Fsp3) is 0.545. The van der Waals surface area contributed by atoms with Crippen LogP contribution in [-0.4, -0.2) is 52.4 Å². The van der Waals surface area contributed by atoms with E-state index in [9.17, 15) is 21.6 Å². The van der Waals surface area contributed by atoms with Crippen LogP contribution in [0.3, 0.4) is 0 Å². The monoisotopic (exact) mass is 403 g/mol. The highest BCUT2D eigenvalue weighted by molar-refractivity contribution is 9.10. The van der Waals surface area contributed by atoms with Gasteiger partial charge in [0.25, 0.3) is 0 Å². The quantitative estimate of drug-likeness (QED) is 0.824. The molecule has 0 atom stereocenters. The van der Waals surface area contributed by atoms with Crippen molar-refractivity contribution >= 4 is 31.8 Å². The molecule has 0 aliphatic carbocycles. The molecule has 1 aromatic heterocycles. The van der Waals surface area contributed by atoms with Crippen molar-refractivity contribution < 1.29 is 26.3 Å². The average Bonchev–Trinajstić information content (AvgIpc) is 2.45. The zero-order valence-corrected chi connectivity index (χ0v) is 13.6. The van der Waals surface area contributed by atoms with Crippen LogP contribution in [-0.2, 0) is 14.8 Å². The maximum Gasteiger partial charge on any atom is 0.402 e. The van der Waals surface area contributed by atoms with E-state index in [1.807, 2.05) is 4.90 Å². The summed E-state index contributed by atoms with van der Waals surface area (Å²) in [6.45, 7) is 0.634. The first-order chi connectivity index (χ1) is 10.2. The molecule has 6 nitrogen and oxygen atoms in total. The van der Waals surface area contributed by atoms with Gasteiger partial charge in [-0.2, -0.15) is 13.2 Å². The highest BCUT2D eigenvalue weighted by Gasteiger charge is 2.30. The summed E-state index contributed by atoms with van der Waals surface area (Å²) in [5, 5.41) is 0. The number of aromatic nitrogens is 1. The first-order valence-electron chi connectivity index (χ1n) is 6.24. The van der Waals surface area contributed by atoms with E-state index in [0.717, 1.165) is 6.20 Å². The van der Waals surface area contributed by atoms with Gasteiger partial charge in [-0.1, -0.05) is 0 Å². The third-order valence-corrected chi connectivity index (χ3v) is 4.83. The Balaban J connectivity index is 2.17. The van der Waals surface area contributed by atoms with Gasteiger partial charge in [-0.05, 0) is 22.0 Å². The molecule has 1 aliphatic rings. The van der Waals surface area contributed by atoms with Crippen molar-refractivity contribution in [3.8, 4) is 0 Å². The molecule has 124 valence electrons. The van der Waals surface area contributed by atoms with Crippen LogP contribution in [0.5, 0.6) is 0 Å². The van der Waals surface area contributed by atoms with Gasteiger partial charge in [-0.3, -0.25) is 0 Å². The van der Waals surface area contributed by atoms with Crippen LogP contribution in [0.4, 0.5) is 19.0 Å². The van der Waals surface area contributed by atoms with Gasteiger partial charge in [0.2, 0.25) is 10.0 Å². The van der Waals surface area contributed by atoms with Crippen LogP contribution in [0.2, 0.25) is 0 Å². The Labute approximate surface area is 133 Å². The molecular weight excluding hydrogens is 391 g/mol. The highest BCUT2D eigenvalue weighted by Crippen LogP contribution is 2.27. The third-order valence-electron chi connectivity index (χ3n) is 2.88. The number of halogens is 4. The fourth-order valence-electron chi connectivity index (χ4n) is 1.83. The Kier molecular flexibility index (Phi) is 5.30. The van der Waals surface area contributed by atoms with Crippen LogP contribution < -0.4 is 9.62 Å². The molecule has 1 aromatic rings. The molecule has 0 unspecified atom stereocenters. The van der Waals surface area contributed by atoms with Crippen LogP contribution in [0.25, 0.3) is 0 Å². The summed E-state index contributed by atoms with van der Waals surface area (Å²) in [5.74, 6) is 0.526. The molecule has 0 radical (unpaired) electrons. The van der Waals surface area contributed by atoms with Crippen molar-refractivity contribution in [3.05, 3.63) is 16.7 Å². The van der Waals surface area contributed by atoms with Crippen molar-refractivity contribution in [2.24, 2.45) is 0 Å². The van der Waals surface area contributed by atoms with E-state index < -0.39 is 22.7 Å². The van der Waals surface area contributed by atoms with E-state index in [-0.39, 0.29) is 4.90 Å². The number of rotatable bonds is 4. The SMILES string of the molecule is O=S(=O)(NCC(F)(F)F)c1cnc(N2CCOCC2)c(Br)c1. The van der Waals surface area contributed by atoms with Gasteiger partial charge < -0.3 is 9.64 Å². The molecular formula is C11H13BrF3N3O3S. The van der Waals surface area contributed by atoms with E-state index in [2.05, 4.69) is 20.9 Å². The molecule has 0 saturated carbocycles. The van der Waals surface area contributed by atoms with E-state index in [1.165, 1.54) is 10.8 Å². The van der Waals surface area contributed by atoms with Crippen molar-refractivity contribution in [1.82, 2.24) is 9.71 Å². The summed E-state index contributed by atoms with van der Waals surface area (Å²) >= 11 is 3.21. The molecule has 1 N–H and O–H groups in total. The van der Waals surface area contributed by atoms with Gasteiger partial charge in [0.1, 0.15) is 17.3 Å². The Bertz CT molecular complexity index is 633. The van der Waals surface area contributed by atoms with E-state index >= 15 is 0 Å². The lowest BCUT2D eigenvalue weighted by Gasteiger charge is -2.28. The number of hydrogen-bond acceptors (Lipinski definition) is 5. The first-order valence-corrected chi connectivity index (χ1v) is 8.51. The number of hydrogen-bond donors (Lipinski definition) is 1. The lowest BCUT2D eigenvalue weighted by atomic mass is 10.4. The van der Waals surface area contributed by atoms with Gasteiger partial charge >= 0.3 is 6.18 Å². The second-order valence-corrected chi connectivity index (χ2v) is 7.14. The summed E-state index contributed by atoms with van der Waals surface area (Å²) in [7, 11) is -4.27. The van der Waals surface area contributed by atoms with E-state index in [1.54, 1.807) is 0 Å². The standard InChI is InChI=1S/C11H13BrF3N3O3S/c12-9-5-8(22(19,20)17-7-11(13,14)15)6-16-10(9)18-1-3-21-4-2-18/h5-6,17H,1-4,7H2. The molecule has 0 spiro atoms. The summed E-state index contributed by atoms with van der Waals surface area (Å²) in [5.41, 5.74) is 0. The third kappa shape index (κ3) is 4.54. The van der Waals surface area contributed by atoms with Gasteiger partial charge in [0.15, 0.2) is 0 Å². The van der Waals surface area contributed by atoms with E-state index in [4.69, 9.17) is 4.74 Å². The minimum atomic E-state index is -4.62. The number of nitrogens with zero attached hydrogens (tertiary/aromatic N) is 2. The summed E-state index contributed by atoms with van der Waals surface area (Å²) in [6.07, 6.45) is -3.58. The molecule has 1 saturated heterocycles. The predicted molar refractivity (Wildman–Crippen MR) is 76.2 cm³/mol. The highest BCUT2D eigenvalue weighted by atomic mass is 79.9. The Morgan fingerprint density at radius 3 is 2.55 bits per heavy atom. The lowest BCUT2D eigenvalue weighted by molar-refractivity contribution is -0.121. The number of morpholine rings is 1. The number of pyridine rings is 1. The van der Waals surface area contributed by atoms with Crippen molar-refractivity contribution in [1.29, 1.82) is 0 Å². The zero-order valence-electron chi connectivity index (χ0n) is 11.2. The molecule has 2 rings (SSSR count). The van der Waals surface area contributed by atoms with E-state index in [0.29, 0.717) is 36.6 Å². The van der Waals surface area contributed by atoms with Gasteiger partial charge in [0.05, 0.1) is 17.7 Å². The maximum absolute atomic E-state index is 12.1. The topological polar surface area (TPSA) is 71.5 Å². The predicted octanol–water partition coefficient (Wildman–Crippen LogP) is 1.52. The number of ether oxygens (including phenoxy) is 1. The molecule has 0 aromatic carbocycles. The largest absolute Gasteiger partial charge is 0.402 e. The van der Waals surface area contributed by atoms with Gasteiger partial charge in [-0.15, -0.1) is 0 Å².